The molecule has 1 amide bonds. The van der Waals surface area contributed by atoms with Gasteiger partial charge in [0.2, 0.25) is 0 Å². The summed E-state index contributed by atoms with van der Waals surface area (Å²) in [5.41, 5.74) is 2.22. The summed E-state index contributed by atoms with van der Waals surface area (Å²) in [4.78, 5) is 20.4. The molecule has 32 heavy (non-hydrogen) atoms. The van der Waals surface area contributed by atoms with E-state index in [-0.39, 0.29) is 10.8 Å². The lowest BCUT2D eigenvalue weighted by atomic mass is 10.1. The van der Waals surface area contributed by atoms with Crippen LogP contribution in [-0.2, 0) is 16.6 Å². The quantitative estimate of drug-likeness (QED) is 0.612. The molecule has 0 unspecified atom stereocenters. The van der Waals surface area contributed by atoms with Gasteiger partial charge in [0.15, 0.2) is 0 Å². The summed E-state index contributed by atoms with van der Waals surface area (Å²) in [6.45, 7) is 6.04. The zero-order chi connectivity index (χ0) is 22.7. The highest BCUT2D eigenvalue weighted by atomic mass is 32.2. The van der Waals surface area contributed by atoms with Crippen LogP contribution in [0.2, 0.25) is 0 Å². The fraction of sp³-hybridized carbons (Fsp3) is 0.417. The third kappa shape index (κ3) is 4.50. The number of rotatable bonds is 5. The maximum Gasteiger partial charge on any atom is 0.261 e. The molecule has 7 nitrogen and oxygen atoms in total. The van der Waals surface area contributed by atoms with Crippen molar-refractivity contribution in [3.05, 3.63) is 53.9 Å². The fourth-order valence-electron chi connectivity index (χ4n) is 4.43. The Balaban J connectivity index is 1.78. The van der Waals surface area contributed by atoms with E-state index in [1.807, 2.05) is 23.3 Å². The summed E-state index contributed by atoms with van der Waals surface area (Å²) >= 11 is 0. The van der Waals surface area contributed by atoms with Crippen LogP contribution in [0.4, 0.5) is 5.69 Å². The minimum absolute atomic E-state index is 0.0627. The van der Waals surface area contributed by atoms with Crippen LogP contribution in [0.25, 0.3) is 11.0 Å². The molecule has 1 fully saturated rings. The third-order valence-electron chi connectivity index (χ3n) is 6.03. The van der Waals surface area contributed by atoms with Crippen LogP contribution in [-0.4, -0.2) is 41.9 Å². The van der Waals surface area contributed by atoms with Crippen molar-refractivity contribution in [3.63, 3.8) is 0 Å². The van der Waals surface area contributed by atoms with E-state index < -0.39 is 10.0 Å². The lowest BCUT2D eigenvalue weighted by Crippen LogP contribution is -2.34. The molecule has 1 aromatic heterocycles. The minimum Gasteiger partial charge on any atom is -0.339 e. The number of sulfonamides is 1. The number of likely N-dealkylation sites (tertiary alicyclic amines) is 1. The number of imidazole rings is 1. The first kappa shape index (κ1) is 22.3. The molecule has 1 aliphatic rings. The molecule has 1 saturated heterocycles. The third-order valence-corrected chi connectivity index (χ3v) is 7.43. The molecule has 2 heterocycles. The highest BCUT2D eigenvalue weighted by Crippen LogP contribution is 2.28. The van der Waals surface area contributed by atoms with Crippen molar-refractivity contribution >= 4 is 32.7 Å². The van der Waals surface area contributed by atoms with Gasteiger partial charge in [-0.05, 0) is 51.0 Å². The Labute approximate surface area is 189 Å². The summed E-state index contributed by atoms with van der Waals surface area (Å²) in [5.74, 6) is 0.736. The van der Waals surface area contributed by atoms with Gasteiger partial charge < -0.3 is 9.47 Å². The van der Waals surface area contributed by atoms with Gasteiger partial charge >= 0.3 is 0 Å². The van der Waals surface area contributed by atoms with Gasteiger partial charge in [0.05, 0.1) is 27.2 Å². The van der Waals surface area contributed by atoms with E-state index in [0.29, 0.717) is 23.3 Å². The van der Waals surface area contributed by atoms with Crippen molar-refractivity contribution in [1.82, 2.24) is 14.5 Å². The van der Waals surface area contributed by atoms with Crippen molar-refractivity contribution in [2.24, 2.45) is 0 Å². The Kier molecular flexibility index (Phi) is 6.50. The Bertz CT molecular complexity index is 1210. The van der Waals surface area contributed by atoms with Crippen molar-refractivity contribution < 1.29 is 13.2 Å². The van der Waals surface area contributed by atoms with Gasteiger partial charge in [0.25, 0.3) is 15.9 Å². The predicted molar refractivity (Wildman–Crippen MR) is 126 cm³/mol. The summed E-state index contributed by atoms with van der Waals surface area (Å²) < 4.78 is 30.5. The van der Waals surface area contributed by atoms with Crippen LogP contribution in [0.5, 0.6) is 0 Å². The Morgan fingerprint density at radius 1 is 1.03 bits per heavy atom. The second-order valence-electron chi connectivity index (χ2n) is 8.27. The van der Waals surface area contributed by atoms with Crippen LogP contribution in [0.1, 0.15) is 55.2 Å². The van der Waals surface area contributed by atoms with Crippen LogP contribution in [0, 0.1) is 6.92 Å². The number of aryl methyl sites for hydroxylation is 2. The zero-order valence-electron chi connectivity index (χ0n) is 18.7. The summed E-state index contributed by atoms with van der Waals surface area (Å²) in [5, 5.41) is 0. The number of benzene rings is 2. The van der Waals surface area contributed by atoms with E-state index in [2.05, 4.69) is 9.71 Å². The number of carbonyl (C=O) groups is 1. The highest BCUT2D eigenvalue weighted by Gasteiger charge is 2.24. The first-order valence-corrected chi connectivity index (χ1v) is 12.8. The fourth-order valence-corrected chi connectivity index (χ4v) is 5.49. The monoisotopic (exact) mass is 454 g/mol. The average Bonchev–Trinajstić information content (AvgIpc) is 3.07. The Hall–Kier alpha value is -2.87. The van der Waals surface area contributed by atoms with Gasteiger partial charge in [0.1, 0.15) is 5.82 Å². The van der Waals surface area contributed by atoms with E-state index in [1.54, 1.807) is 42.5 Å². The highest BCUT2D eigenvalue weighted by molar-refractivity contribution is 7.92. The standard InChI is InChI=1S/C24H30N4O3S/c1-3-28-18(2)25-22-17-19(26-32(30,31)20-12-8-7-9-13-20)16-21(23(22)28)24(29)27-14-10-5-4-6-11-15-27/h7-9,12-13,16-17,26H,3-6,10-11,14-15H2,1-2H3. The molecule has 3 aromatic rings. The number of aromatic nitrogens is 2. The topological polar surface area (TPSA) is 84.3 Å². The van der Waals surface area contributed by atoms with E-state index >= 15 is 0 Å². The summed E-state index contributed by atoms with van der Waals surface area (Å²) in [6, 6.07) is 11.6. The molecule has 2 aromatic carbocycles. The lowest BCUT2D eigenvalue weighted by Gasteiger charge is -2.25. The average molecular weight is 455 g/mol. The number of hydrogen-bond donors (Lipinski definition) is 1. The molecule has 0 saturated carbocycles. The largest absolute Gasteiger partial charge is 0.339 e. The molecule has 1 aliphatic heterocycles. The normalized spacial score (nSPS) is 15.4. The second kappa shape index (κ2) is 9.32. The van der Waals surface area contributed by atoms with Crippen LogP contribution < -0.4 is 4.72 Å². The minimum atomic E-state index is -3.78. The van der Waals surface area contributed by atoms with Gasteiger partial charge in [-0.1, -0.05) is 37.5 Å². The van der Waals surface area contributed by atoms with Gasteiger partial charge in [-0.15, -0.1) is 0 Å². The number of anilines is 1. The van der Waals surface area contributed by atoms with E-state index in [9.17, 15) is 13.2 Å². The van der Waals surface area contributed by atoms with Gasteiger partial charge in [-0.3, -0.25) is 9.52 Å². The van der Waals surface area contributed by atoms with Crippen LogP contribution in [0.15, 0.2) is 47.4 Å². The SMILES string of the molecule is CCn1c(C)nc2cc(NS(=O)(=O)c3ccccc3)cc(C(=O)N3CCCCCCC3)c21. The molecule has 1 N–H and O–H groups in total. The number of amides is 1. The predicted octanol–water partition coefficient (Wildman–Crippen LogP) is 4.57. The maximum atomic E-state index is 13.7. The zero-order valence-corrected chi connectivity index (χ0v) is 19.5. The first-order chi connectivity index (χ1) is 15.4. The molecular formula is C24H30N4O3S. The van der Waals surface area contributed by atoms with Gasteiger partial charge in [-0.25, -0.2) is 13.4 Å². The number of nitrogens with one attached hydrogen (secondary N) is 1. The van der Waals surface area contributed by atoms with Crippen molar-refractivity contribution in [2.75, 3.05) is 17.8 Å². The van der Waals surface area contributed by atoms with Gasteiger partial charge in [0, 0.05) is 19.6 Å². The van der Waals surface area contributed by atoms with Crippen molar-refractivity contribution in [3.8, 4) is 0 Å². The molecule has 0 atom stereocenters. The van der Waals surface area contributed by atoms with E-state index in [1.165, 1.54) is 6.42 Å². The molecule has 0 bridgehead atoms. The second-order valence-corrected chi connectivity index (χ2v) is 9.96. The molecule has 4 rings (SSSR count). The summed E-state index contributed by atoms with van der Waals surface area (Å²) in [7, 11) is -3.78. The number of nitrogens with zero attached hydrogens (tertiary/aromatic N) is 3. The Morgan fingerprint density at radius 3 is 2.34 bits per heavy atom. The molecule has 0 radical (unpaired) electrons. The van der Waals surface area contributed by atoms with Crippen molar-refractivity contribution in [1.29, 1.82) is 0 Å². The number of fused-ring (bicyclic) bond motifs is 1. The summed E-state index contributed by atoms with van der Waals surface area (Å²) in [6.07, 6.45) is 5.44. The molecule has 0 spiro atoms. The van der Waals surface area contributed by atoms with Crippen LogP contribution >= 0.6 is 0 Å². The number of carbonyl (C=O) groups excluding carboxylic acids is 1. The van der Waals surface area contributed by atoms with E-state index in [4.69, 9.17) is 0 Å². The molecule has 170 valence electrons. The van der Waals surface area contributed by atoms with Crippen LogP contribution in [0.3, 0.4) is 0 Å². The smallest absolute Gasteiger partial charge is 0.261 e. The molecule has 0 aliphatic carbocycles. The number of hydrogen-bond acceptors (Lipinski definition) is 4. The van der Waals surface area contributed by atoms with Crippen molar-refractivity contribution in [2.45, 2.75) is 57.4 Å². The first-order valence-electron chi connectivity index (χ1n) is 11.3. The Morgan fingerprint density at radius 2 is 1.69 bits per heavy atom. The maximum absolute atomic E-state index is 13.7. The molecule has 8 heteroatoms. The lowest BCUT2D eigenvalue weighted by molar-refractivity contribution is 0.0744. The van der Waals surface area contributed by atoms with E-state index in [0.717, 1.165) is 50.1 Å². The molecular weight excluding hydrogens is 424 g/mol. The van der Waals surface area contributed by atoms with Gasteiger partial charge in [-0.2, -0.15) is 0 Å².